The number of thiazole rings is 1. The molecule has 0 fully saturated rings. The molecule has 2 aromatic heterocycles. The van der Waals surface area contributed by atoms with Gasteiger partial charge in [0.05, 0.1) is 16.8 Å². The standard InChI is InChI=1S/C15H10N4OS/c1-2-7-18-14(20)12-13(17-9-8-16-12)15-19-10-5-3-4-6-11(10)21-15/h1,3-6,8-9H,7H2,(H,18,20). The predicted octanol–water partition coefficient (Wildman–Crippen LogP) is 2.12. The Morgan fingerprint density at radius 3 is 2.90 bits per heavy atom. The van der Waals surface area contributed by atoms with E-state index < -0.39 is 0 Å². The molecular weight excluding hydrogens is 284 g/mol. The van der Waals surface area contributed by atoms with Crippen molar-refractivity contribution in [1.82, 2.24) is 20.3 Å². The summed E-state index contributed by atoms with van der Waals surface area (Å²) in [6, 6.07) is 7.76. The highest BCUT2D eigenvalue weighted by Crippen LogP contribution is 2.29. The number of terminal acetylenes is 1. The fourth-order valence-corrected chi connectivity index (χ4v) is 2.81. The number of benzene rings is 1. The van der Waals surface area contributed by atoms with Gasteiger partial charge in [-0.1, -0.05) is 18.1 Å². The van der Waals surface area contributed by atoms with E-state index in [0.717, 1.165) is 10.2 Å². The van der Waals surface area contributed by atoms with Gasteiger partial charge in [0.15, 0.2) is 5.69 Å². The van der Waals surface area contributed by atoms with Crippen molar-refractivity contribution in [1.29, 1.82) is 0 Å². The first-order chi connectivity index (χ1) is 10.3. The Morgan fingerprint density at radius 1 is 1.29 bits per heavy atom. The van der Waals surface area contributed by atoms with Crippen LogP contribution in [0.2, 0.25) is 0 Å². The van der Waals surface area contributed by atoms with Gasteiger partial charge >= 0.3 is 0 Å². The predicted molar refractivity (Wildman–Crippen MR) is 81.8 cm³/mol. The average molecular weight is 294 g/mol. The molecule has 0 radical (unpaired) electrons. The van der Waals surface area contributed by atoms with Crippen LogP contribution in [0.4, 0.5) is 0 Å². The van der Waals surface area contributed by atoms with Crippen molar-refractivity contribution in [2.24, 2.45) is 0 Å². The lowest BCUT2D eigenvalue weighted by atomic mass is 10.3. The molecule has 0 atom stereocenters. The second-order valence-corrected chi connectivity index (χ2v) is 5.16. The molecule has 0 aliphatic rings. The van der Waals surface area contributed by atoms with Crippen LogP contribution in [0.15, 0.2) is 36.7 Å². The molecular formula is C15H10N4OS. The average Bonchev–Trinajstić information content (AvgIpc) is 2.96. The van der Waals surface area contributed by atoms with Gasteiger partial charge in [-0.15, -0.1) is 17.8 Å². The fourth-order valence-electron chi connectivity index (χ4n) is 1.85. The number of para-hydroxylation sites is 1. The largest absolute Gasteiger partial charge is 0.340 e. The molecule has 102 valence electrons. The maximum Gasteiger partial charge on any atom is 0.272 e. The van der Waals surface area contributed by atoms with E-state index >= 15 is 0 Å². The van der Waals surface area contributed by atoms with Crippen molar-refractivity contribution >= 4 is 27.5 Å². The van der Waals surface area contributed by atoms with Crippen LogP contribution in [0.25, 0.3) is 20.9 Å². The minimum Gasteiger partial charge on any atom is -0.340 e. The number of aromatic nitrogens is 3. The smallest absolute Gasteiger partial charge is 0.272 e. The maximum atomic E-state index is 12.1. The zero-order chi connectivity index (χ0) is 14.7. The van der Waals surface area contributed by atoms with Gasteiger partial charge in [0.25, 0.3) is 5.91 Å². The van der Waals surface area contributed by atoms with E-state index in [0.29, 0.717) is 10.7 Å². The van der Waals surface area contributed by atoms with Crippen LogP contribution in [0.1, 0.15) is 10.5 Å². The van der Waals surface area contributed by atoms with E-state index in [-0.39, 0.29) is 18.1 Å². The first kappa shape index (κ1) is 13.2. The van der Waals surface area contributed by atoms with Crippen LogP contribution in [-0.4, -0.2) is 27.4 Å². The molecule has 5 nitrogen and oxygen atoms in total. The third-order valence-electron chi connectivity index (χ3n) is 2.76. The van der Waals surface area contributed by atoms with Crippen LogP contribution >= 0.6 is 11.3 Å². The van der Waals surface area contributed by atoms with Gasteiger partial charge < -0.3 is 5.32 Å². The molecule has 1 N–H and O–H groups in total. The highest BCUT2D eigenvalue weighted by atomic mass is 32.1. The van der Waals surface area contributed by atoms with Gasteiger partial charge in [0, 0.05) is 12.4 Å². The molecule has 0 unspecified atom stereocenters. The molecule has 3 aromatic rings. The summed E-state index contributed by atoms with van der Waals surface area (Å²) in [5.74, 6) is 2.00. The highest BCUT2D eigenvalue weighted by Gasteiger charge is 2.18. The summed E-state index contributed by atoms with van der Waals surface area (Å²) < 4.78 is 1.04. The number of amides is 1. The number of hydrogen-bond acceptors (Lipinski definition) is 5. The van der Waals surface area contributed by atoms with E-state index in [1.165, 1.54) is 17.5 Å². The number of fused-ring (bicyclic) bond motifs is 1. The van der Waals surface area contributed by atoms with Gasteiger partial charge in [0.2, 0.25) is 0 Å². The van der Waals surface area contributed by atoms with E-state index in [9.17, 15) is 4.79 Å². The zero-order valence-corrected chi connectivity index (χ0v) is 11.7. The third-order valence-corrected chi connectivity index (χ3v) is 3.80. The molecule has 6 heteroatoms. The van der Waals surface area contributed by atoms with Crippen molar-refractivity contribution in [3.63, 3.8) is 0 Å². The molecule has 0 saturated carbocycles. The monoisotopic (exact) mass is 294 g/mol. The Hall–Kier alpha value is -2.78. The van der Waals surface area contributed by atoms with E-state index in [4.69, 9.17) is 6.42 Å². The molecule has 1 amide bonds. The second kappa shape index (κ2) is 5.69. The summed E-state index contributed by atoms with van der Waals surface area (Å²) >= 11 is 1.47. The van der Waals surface area contributed by atoms with Crippen molar-refractivity contribution in [2.75, 3.05) is 6.54 Å². The number of rotatable bonds is 3. The molecule has 3 rings (SSSR count). The zero-order valence-electron chi connectivity index (χ0n) is 10.9. The maximum absolute atomic E-state index is 12.1. The van der Waals surface area contributed by atoms with Gasteiger partial charge in [-0.2, -0.15) is 0 Å². The summed E-state index contributed by atoms with van der Waals surface area (Å²) in [5.41, 5.74) is 1.57. The number of nitrogens with zero attached hydrogens (tertiary/aromatic N) is 3. The minimum absolute atomic E-state index is 0.148. The van der Waals surface area contributed by atoms with Crippen LogP contribution in [0.3, 0.4) is 0 Å². The number of hydrogen-bond donors (Lipinski definition) is 1. The summed E-state index contributed by atoms with van der Waals surface area (Å²) in [4.78, 5) is 24.9. The molecule has 2 heterocycles. The number of carbonyl (C=O) groups excluding carboxylic acids is 1. The Morgan fingerprint density at radius 2 is 2.10 bits per heavy atom. The van der Waals surface area contributed by atoms with Crippen molar-refractivity contribution in [3.8, 4) is 23.0 Å². The fraction of sp³-hybridized carbons (Fsp3) is 0.0667. The van der Waals surface area contributed by atoms with Crippen molar-refractivity contribution in [3.05, 3.63) is 42.4 Å². The molecule has 21 heavy (non-hydrogen) atoms. The molecule has 0 saturated heterocycles. The van der Waals surface area contributed by atoms with Gasteiger partial charge in [-0.05, 0) is 12.1 Å². The lowest BCUT2D eigenvalue weighted by Crippen LogP contribution is -2.25. The highest BCUT2D eigenvalue weighted by molar-refractivity contribution is 7.21. The topological polar surface area (TPSA) is 67.8 Å². The number of nitrogens with one attached hydrogen (secondary N) is 1. The lowest BCUT2D eigenvalue weighted by molar-refractivity contribution is 0.0954. The lowest BCUT2D eigenvalue weighted by Gasteiger charge is -2.04. The van der Waals surface area contributed by atoms with E-state index in [1.54, 1.807) is 6.20 Å². The third kappa shape index (κ3) is 2.59. The molecule has 0 aliphatic carbocycles. The van der Waals surface area contributed by atoms with Gasteiger partial charge in [-0.3, -0.25) is 4.79 Å². The Bertz CT molecular complexity index is 817. The van der Waals surface area contributed by atoms with Crippen molar-refractivity contribution in [2.45, 2.75) is 0 Å². The summed E-state index contributed by atoms with van der Waals surface area (Å²) in [5, 5.41) is 3.25. The normalized spacial score (nSPS) is 10.2. The first-order valence-corrected chi connectivity index (χ1v) is 7.00. The molecule has 0 spiro atoms. The van der Waals surface area contributed by atoms with E-state index in [2.05, 4.69) is 26.2 Å². The van der Waals surface area contributed by atoms with Gasteiger partial charge in [-0.25, -0.2) is 15.0 Å². The first-order valence-electron chi connectivity index (χ1n) is 6.18. The summed E-state index contributed by atoms with van der Waals surface area (Å²) in [6.07, 6.45) is 8.16. The van der Waals surface area contributed by atoms with Crippen LogP contribution in [0.5, 0.6) is 0 Å². The van der Waals surface area contributed by atoms with Crippen LogP contribution in [-0.2, 0) is 0 Å². The van der Waals surface area contributed by atoms with Crippen LogP contribution in [0, 0.1) is 12.3 Å². The second-order valence-electron chi connectivity index (χ2n) is 4.13. The molecule has 0 bridgehead atoms. The van der Waals surface area contributed by atoms with Crippen molar-refractivity contribution < 1.29 is 4.79 Å². The Kier molecular flexibility index (Phi) is 3.58. The quantitative estimate of drug-likeness (QED) is 0.751. The number of carbonyl (C=O) groups is 1. The minimum atomic E-state index is -0.352. The van der Waals surface area contributed by atoms with Crippen LogP contribution < -0.4 is 5.32 Å². The summed E-state index contributed by atoms with van der Waals surface area (Å²) in [7, 11) is 0. The Labute approximate surface area is 125 Å². The Balaban J connectivity index is 2.06. The summed E-state index contributed by atoms with van der Waals surface area (Å²) in [6.45, 7) is 0.148. The van der Waals surface area contributed by atoms with E-state index in [1.807, 2.05) is 24.3 Å². The molecule has 0 aliphatic heterocycles. The van der Waals surface area contributed by atoms with Gasteiger partial charge in [0.1, 0.15) is 10.7 Å². The molecule has 1 aromatic carbocycles. The SMILES string of the molecule is C#CCNC(=O)c1nccnc1-c1nc2ccccc2s1.